The van der Waals surface area contributed by atoms with Crippen LogP contribution >= 0.6 is 0 Å². The first-order chi connectivity index (χ1) is 19.4. The molecule has 3 atom stereocenters. The van der Waals surface area contributed by atoms with Crippen LogP contribution in [0.25, 0.3) is 0 Å². The lowest BCUT2D eigenvalue weighted by molar-refractivity contribution is 0.102. The van der Waals surface area contributed by atoms with Crippen LogP contribution in [0.15, 0.2) is 71.0 Å². The highest BCUT2D eigenvalue weighted by molar-refractivity contribution is 6.04. The minimum absolute atomic E-state index is 0. The number of aromatic nitrogens is 1. The predicted molar refractivity (Wildman–Crippen MR) is 172 cm³/mol. The molecule has 7 nitrogen and oxygen atoms in total. The fraction of sp³-hybridized carbons (Fsp3) is 0.485. The van der Waals surface area contributed by atoms with Crippen molar-refractivity contribution in [2.75, 3.05) is 36.5 Å². The molecule has 2 heterocycles. The molecule has 1 fully saturated rings. The summed E-state index contributed by atoms with van der Waals surface area (Å²) in [6, 6.07) is 11.9. The van der Waals surface area contributed by atoms with Crippen LogP contribution in [-0.2, 0) is 4.74 Å². The number of pyridine rings is 1. The molecule has 2 N–H and O–H groups in total. The Labute approximate surface area is 243 Å². The van der Waals surface area contributed by atoms with Gasteiger partial charge in [0, 0.05) is 57.7 Å². The van der Waals surface area contributed by atoms with Gasteiger partial charge >= 0.3 is 0 Å². The second-order valence-corrected chi connectivity index (χ2v) is 10.2. The van der Waals surface area contributed by atoms with E-state index in [1.807, 2.05) is 50.4 Å². The van der Waals surface area contributed by atoms with Gasteiger partial charge in [-0.1, -0.05) is 57.6 Å². The zero-order valence-electron chi connectivity index (χ0n) is 25.1. The lowest BCUT2D eigenvalue weighted by Crippen LogP contribution is -2.36. The number of morpholine rings is 1. The van der Waals surface area contributed by atoms with Crippen LogP contribution < -0.4 is 15.5 Å². The highest BCUT2D eigenvalue weighted by Gasteiger charge is 2.17. The molecule has 0 radical (unpaired) electrons. The number of benzene rings is 1. The number of carbonyl (C=O) groups excluding carboxylic acids is 1. The molecule has 2 aromatic rings. The third kappa shape index (κ3) is 9.14. The van der Waals surface area contributed by atoms with Gasteiger partial charge in [-0.15, -0.1) is 0 Å². The highest BCUT2D eigenvalue weighted by Crippen LogP contribution is 2.29. The van der Waals surface area contributed by atoms with E-state index < -0.39 is 0 Å². The topological polar surface area (TPSA) is 78.9 Å². The number of carbonyl (C=O) groups is 1. The van der Waals surface area contributed by atoms with Crippen molar-refractivity contribution in [3.8, 4) is 0 Å². The third-order valence-corrected chi connectivity index (χ3v) is 7.09. The van der Waals surface area contributed by atoms with Gasteiger partial charge in [0.05, 0.1) is 18.8 Å². The van der Waals surface area contributed by atoms with Gasteiger partial charge in [-0.2, -0.15) is 0 Å². The maximum absolute atomic E-state index is 12.9. The average molecular weight is 550 g/mol. The molecule has 1 aliphatic heterocycles. The van der Waals surface area contributed by atoms with Crippen LogP contribution in [0, 0.1) is 5.92 Å². The number of rotatable bonds is 9. The molecule has 220 valence electrons. The summed E-state index contributed by atoms with van der Waals surface area (Å²) in [6.07, 6.45) is 11.5. The van der Waals surface area contributed by atoms with Gasteiger partial charge in [0.25, 0.3) is 5.91 Å². The van der Waals surface area contributed by atoms with Crippen molar-refractivity contribution in [3.63, 3.8) is 0 Å². The van der Waals surface area contributed by atoms with E-state index in [1.165, 1.54) is 11.3 Å². The first-order valence-corrected chi connectivity index (χ1v) is 14.8. The van der Waals surface area contributed by atoms with Crippen LogP contribution in [0.5, 0.6) is 0 Å². The SMILES string of the molecule is CC.CCC=C1CC=C(N=CC(C)N[C@@H](C)c2cccc(NC(=O)c3ccc(N4CCOCC4)nc3)c2)C(C)C1.[HH].[HH]. The molecular formula is C33H51N5O2. The number of allylic oxidation sites excluding steroid dienone is 4. The van der Waals surface area contributed by atoms with Crippen molar-refractivity contribution in [1.82, 2.24) is 10.3 Å². The summed E-state index contributed by atoms with van der Waals surface area (Å²) in [6.45, 7) is 15.7. The van der Waals surface area contributed by atoms with Crippen LogP contribution in [0.3, 0.4) is 0 Å². The molecule has 40 heavy (non-hydrogen) atoms. The number of hydrogen-bond acceptors (Lipinski definition) is 6. The van der Waals surface area contributed by atoms with Gasteiger partial charge in [0.2, 0.25) is 0 Å². The van der Waals surface area contributed by atoms with E-state index in [2.05, 4.69) is 66.4 Å². The van der Waals surface area contributed by atoms with Crippen molar-refractivity contribution < 1.29 is 12.4 Å². The number of ether oxygens (including phenoxy) is 1. The Balaban J connectivity index is 0.00000216. The van der Waals surface area contributed by atoms with E-state index in [1.54, 1.807) is 6.20 Å². The Hall–Kier alpha value is -3.29. The van der Waals surface area contributed by atoms with E-state index in [0.29, 0.717) is 24.7 Å². The Kier molecular flexibility index (Phi) is 12.6. The number of anilines is 2. The van der Waals surface area contributed by atoms with Crippen molar-refractivity contribution in [2.45, 2.75) is 72.9 Å². The van der Waals surface area contributed by atoms with Crippen molar-refractivity contribution in [2.24, 2.45) is 10.9 Å². The molecule has 1 aromatic carbocycles. The summed E-state index contributed by atoms with van der Waals surface area (Å²) in [5.74, 6) is 1.15. The van der Waals surface area contributed by atoms with Crippen LogP contribution in [0.1, 0.15) is 85.6 Å². The van der Waals surface area contributed by atoms with Crippen LogP contribution in [0.2, 0.25) is 0 Å². The van der Waals surface area contributed by atoms with E-state index in [-0.39, 0.29) is 20.8 Å². The van der Waals surface area contributed by atoms with Gasteiger partial charge in [-0.3, -0.25) is 9.79 Å². The first kappa shape index (κ1) is 31.2. The Morgan fingerprint density at radius 1 is 1.23 bits per heavy atom. The lowest BCUT2D eigenvalue weighted by Gasteiger charge is -2.27. The Morgan fingerprint density at radius 2 is 2.00 bits per heavy atom. The summed E-state index contributed by atoms with van der Waals surface area (Å²) in [4.78, 5) is 24.3. The van der Waals surface area contributed by atoms with E-state index in [4.69, 9.17) is 9.73 Å². The molecule has 1 saturated heterocycles. The summed E-state index contributed by atoms with van der Waals surface area (Å²) in [5, 5.41) is 6.62. The van der Waals surface area contributed by atoms with Crippen molar-refractivity contribution in [1.29, 1.82) is 0 Å². The molecule has 2 aliphatic rings. The van der Waals surface area contributed by atoms with E-state index in [9.17, 15) is 4.79 Å². The van der Waals surface area contributed by atoms with Gasteiger partial charge in [-0.05, 0) is 62.9 Å². The van der Waals surface area contributed by atoms with Gasteiger partial charge in [-0.25, -0.2) is 4.98 Å². The first-order valence-electron chi connectivity index (χ1n) is 14.8. The quantitative estimate of drug-likeness (QED) is 0.251. The maximum Gasteiger partial charge on any atom is 0.257 e. The fourth-order valence-electron chi connectivity index (χ4n) is 4.97. The molecule has 1 aliphatic carbocycles. The zero-order chi connectivity index (χ0) is 28.9. The fourth-order valence-corrected chi connectivity index (χ4v) is 4.97. The lowest BCUT2D eigenvalue weighted by atomic mass is 9.89. The predicted octanol–water partition coefficient (Wildman–Crippen LogP) is 7.45. The standard InChI is InChI=1S/C31H41N5O2.C2H6.2H2/c1-5-7-25-10-12-29(22(2)18-25)32-20-23(3)34-24(4)26-8-6-9-28(19-26)35-31(37)27-11-13-30(33-21-27)36-14-16-38-17-15-36;1-2;;/h6-9,11-13,19-24,34H,5,10,14-18H2,1-4H3,(H,35,37);1-2H3;2*1H/t22?,23?,24-;;;/m0.../s1. The van der Waals surface area contributed by atoms with E-state index in [0.717, 1.165) is 49.4 Å². The van der Waals surface area contributed by atoms with Crippen molar-refractivity contribution in [3.05, 3.63) is 77.1 Å². The highest BCUT2D eigenvalue weighted by atomic mass is 16.5. The van der Waals surface area contributed by atoms with Crippen molar-refractivity contribution >= 4 is 23.6 Å². The number of amides is 1. The monoisotopic (exact) mass is 549 g/mol. The summed E-state index contributed by atoms with van der Waals surface area (Å²) in [7, 11) is 0. The molecule has 0 saturated carbocycles. The minimum Gasteiger partial charge on any atom is -0.378 e. The molecule has 4 rings (SSSR count). The summed E-state index contributed by atoms with van der Waals surface area (Å²) < 4.78 is 5.40. The summed E-state index contributed by atoms with van der Waals surface area (Å²) in [5.41, 5.74) is 5.09. The normalized spacial score (nSPS) is 19.9. The van der Waals surface area contributed by atoms with Gasteiger partial charge < -0.3 is 20.3 Å². The van der Waals surface area contributed by atoms with Crippen LogP contribution in [0.4, 0.5) is 11.5 Å². The molecule has 0 spiro atoms. The van der Waals surface area contributed by atoms with Gasteiger partial charge in [0.1, 0.15) is 5.82 Å². The average Bonchev–Trinajstić information content (AvgIpc) is 2.98. The molecule has 2 unspecified atom stereocenters. The molecular weight excluding hydrogens is 498 g/mol. The third-order valence-electron chi connectivity index (χ3n) is 7.09. The Bertz CT molecular complexity index is 1180. The molecule has 1 aromatic heterocycles. The van der Waals surface area contributed by atoms with Gasteiger partial charge in [0.15, 0.2) is 0 Å². The molecule has 1 amide bonds. The second kappa shape index (κ2) is 16.1. The number of hydrogen-bond donors (Lipinski definition) is 2. The number of nitrogens with one attached hydrogen (secondary N) is 2. The largest absolute Gasteiger partial charge is 0.378 e. The maximum atomic E-state index is 12.9. The van der Waals surface area contributed by atoms with E-state index >= 15 is 0 Å². The second-order valence-electron chi connectivity index (χ2n) is 10.2. The molecule has 0 bridgehead atoms. The smallest absolute Gasteiger partial charge is 0.257 e. The summed E-state index contributed by atoms with van der Waals surface area (Å²) >= 11 is 0. The van der Waals surface area contributed by atoms with Crippen LogP contribution in [-0.4, -0.2) is 49.5 Å². The molecule has 7 heteroatoms. The minimum atomic E-state index is -0.170. The number of aliphatic imine (C=N–C) groups is 1. The number of nitrogens with zero attached hydrogens (tertiary/aromatic N) is 3. The Morgan fingerprint density at radius 3 is 2.67 bits per heavy atom. The zero-order valence-corrected chi connectivity index (χ0v) is 25.1.